The lowest BCUT2D eigenvalue weighted by Gasteiger charge is -2.41. The molecular formula is C25H25N3O4S2. The fraction of sp³-hybridized carbons (Fsp3) is 0.320. The molecule has 1 aromatic heterocycles. The lowest BCUT2D eigenvalue weighted by atomic mass is 10.0. The first kappa shape index (κ1) is 22.9. The van der Waals surface area contributed by atoms with Gasteiger partial charge in [0.15, 0.2) is 5.13 Å². The molecule has 176 valence electrons. The second-order valence-electron chi connectivity index (χ2n) is 8.19. The van der Waals surface area contributed by atoms with Crippen LogP contribution in [0.1, 0.15) is 18.4 Å². The molecule has 2 saturated heterocycles. The molecule has 3 aromatic rings. The molecule has 2 aliphatic heterocycles. The summed E-state index contributed by atoms with van der Waals surface area (Å²) < 4.78 is 11.2. The van der Waals surface area contributed by atoms with E-state index in [1.54, 1.807) is 16.7 Å². The highest BCUT2D eigenvalue weighted by Gasteiger charge is 2.53. The highest BCUT2D eigenvalue weighted by Crippen LogP contribution is 2.47. The van der Waals surface area contributed by atoms with Crippen LogP contribution < -0.4 is 5.32 Å². The minimum atomic E-state index is -0.643. The Kier molecular flexibility index (Phi) is 6.85. The SMILES string of the molecule is O=C(Nc1nc(-c2ccccc2)cs1)[C@@H]1CSC2(CCOCC2)N1C(=O)OCc1ccccc1. The van der Waals surface area contributed by atoms with Crippen molar-refractivity contribution in [1.82, 2.24) is 9.88 Å². The highest BCUT2D eigenvalue weighted by atomic mass is 32.2. The van der Waals surface area contributed by atoms with E-state index in [1.165, 1.54) is 11.3 Å². The van der Waals surface area contributed by atoms with Crippen LogP contribution in [0.15, 0.2) is 66.0 Å². The van der Waals surface area contributed by atoms with Gasteiger partial charge in [-0.15, -0.1) is 23.1 Å². The Morgan fingerprint density at radius 2 is 1.79 bits per heavy atom. The number of carbonyl (C=O) groups is 2. The van der Waals surface area contributed by atoms with Crippen LogP contribution in [-0.2, 0) is 20.9 Å². The van der Waals surface area contributed by atoms with Gasteiger partial charge in [-0.3, -0.25) is 9.69 Å². The Morgan fingerprint density at radius 1 is 1.09 bits per heavy atom. The van der Waals surface area contributed by atoms with E-state index >= 15 is 0 Å². The number of rotatable bonds is 5. The first-order valence-corrected chi connectivity index (χ1v) is 13.0. The third-order valence-corrected chi connectivity index (χ3v) is 8.43. The van der Waals surface area contributed by atoms with Crippen molar-refractivity contribution in [2.24, 2.45) is 0 Å². The van der Waals surface area contributed by atoms with Crippen LogP contribution >= 0.6 is 23.1 Å². The number of amides is 2. The van der Waals surface area contributed by atoms with Gasteiger partial charge in [0.25, 0.3) is 0 Å². The predicted octanol–water partition coefficient (Wildman–Crippen LogP) is 5.01. The molecule has 9 heteroatoms. The van der Waals surface area contributed by atoms with Crippen molar-refractivity contribution in [2.75, 3.05) is 24.3 Å². The van der Waals surface area contributed by atoms with Crippen molar-refractivity contribution in [3.05, 3.63) is 71.6 Å². The van der Waals surface area contributed by atoms with Gasteiger partial charge >= 0.3 is 6.09 Å². The zero-order valence-corrected chi connectivity index (χ0v) is 20.1. The molecule has 0 bridgehead atoms. The molecule has 2 aliphatic rings. The predicted molar refractivity (Wildman–Crippen MR) is 134 cm³/mol. The Balaban J connectivity index is 1.32. The van der Waals surface area contributed by atoms with Gasteiger partial charge in [-0.25, -0.2) is 9.78 Å². The van der Waals surface area contributed by atoms with Crippen molar-refractivity contribution in [3.63, 3.8) is 0 Å². The summed E-state index contributed by atoms with van der Waals surface area (Å²) in [7, 11) is 0. The van der Waals surface area contributed by atoms with Crippen LogP contribution in [0.3, 0.4) is 0 Å². The number of hydrogen-bond acceptors (Lipinski definition) is 7. The van der Waals surface area contributed by atoms with Crippen molar-refractivity contribution >= 4 is 40.2 Å². The number of benzene rings is 2. The minimum Gasteiger partial charge on any atom is -0.444 e. The maximum atomic E-state index is 13.3. The van der Waals surface area contributed by atoms with E-state index in [4.69, 9.17) is 9.47 Å². The number of nitrogens with zero attached hydrogens (tertiary/aromatic N) is 2. The van der Waals surface area contributed by atoms with Gasteiger partial charge in [-0.2, -0.15) is 0 Å². The van der Waals surface area contributed by atoms with Gasteiger partial charge in [-0.05, 0) is 5.56 Å². The molecule has 3 heterocycles. The number of ether oxygens (including phenoxy) is 2. The maximum Gasteiger partial charge on any atom is 0.411 e. The molecule has 1 atom stereocenters. The summed E-state index contributed by atoms with van der Waals surface area (Å²) in [6.07, 6.45) is 0.856. The second-order valence-corrected chi connectivity index (χ2v) is 10.4. The number of carbonyl (C=O) groups excluding carboxylic acids is 2. The zero-order chi connectivity index (χ0) is 23.4. The first-order chi connectivity index (χ1) is 16.6. The third kappa shape index (κ3) is 4.82. The van der Waals surface area contributed by atoms with Crippen molar-refractivity contribution in [3.8, 4) is 11.3 Å². The highest BCUT2D eigenvalue weighted by molar-refractivity contribution is 8.01. The van der Waals surface area contributed by atoms with Crippen molar-refractivity contribution in [2.45, 2.75) is 30.4 Å². The molecule has 2 amide bonds. The molecule has 0 unspecified atom stereocenters. The lowest BCUT2D eigenvalue weighted by Crippen LogP contribution is -2.55. The summed E-state index contributed by atoms with van der Waals surface area (Å²) in [6.45, 7) is 1.27. The number of anilines is 1. The van der Waals surface area contributed by atoms with Gasteiger partial charge < -0.3 is 14.8 Å². The van der Waals surface area contributed by atoms with Gasteiger partial charge in [0.05, 0.1) is 10.6 Å². The van der Waals surface area contributed by atoms with Gasteiger partial charge in [0.1, 0.15) is 12.6 Å². The quantitative estimate of drug-likeness (QED) is 0.536. The van der Waals surface area contributed by atoms with Crippen LogP contribution in [0.25, 0.3) is 11.3 Å². The average molecular weight is 496 g/mol. The van der Waals surface area contributed by atoms with E-state index in [0.717, 1.165) is 16.8 Å². The number of aromatic nitrogens is 1. The van der Waals surface area contributed by atoms with E-state index in [1.807, 2.05) is 66.0 Å². The summed E-state index contributed by atoms with van der Waals surface area (Å²) in [4.78, 5) is 32.4. The summed E-state index contributed by atoms with van der Waals surface area (Å²) in [5.41, 5.74) is 2.70. The molecule has 1 N–H and O–H groups in total. The molecule has 5 rings (SSSR count). The normalized spacial score (nSPS) is 19.2. The maximum absolute atomic E-state index is 13.3. The van der Waals surface area contributed by atoms with Crippen LogP contribution in [0.4, 0.5) is 9.93 Å². The van der Waals surface area contributed by atoms with Crippen LogP contribution in [0.5, 0.6) is 0 Å². The van der Waals surface area contributed by atoms with E-state index in [9.17, 15) is 9.59 Å². The Morgan fingerprint density at radius 3 is 2.53 bits per heavy atom. The van der Waals surface area contributed by atoms with Crippen LogP contribution in [0.2, 0.25) is 0 Å². The minimum absolute atomic E-state index is 0.161. The molecule has 2 fully saturated rings. The van der Waals surface area contributed by atoms with E-state index in [2.05, 4.69) is 10.3 Å². The van der Waals surface area contributed by atoms with Crippen LogP contribution in [0, 0.1) is 0 Å². The Labute approximate surface area is 206 Å². The molecular weight excluding hydrogens is 470 g/mol. The summed E-state index contributed by atoms with van der Waals surface area (Å²) >= 11 is 3.01. The summed E-state index contributed by atoms with van der Waals surface area (Å²) in [5.74, 6) is 0.255. The molecule has 7 nitrogen and oxygen atoms in total. The second kappa shape index (κ2) is 10.2. The average Bonchev–Trinajstić information content (AvgIpc) is 3.49. The number of thiazole rings is 1. The zero-order valence-electron chi connectivity index (χ0n) is 18.5. The Bertz CT molecular complexity index is 1130. The smallest absolute Gasteiger partial charge is 0.411 e. The first-order valence-electron chi connectivity index (χ1n) is 11.2. The van der Waals surface area contributed by atoms with Crippen molar-refractivity contribution in [1.29, 1.82) is 0 Å². The molecule has 1 spiro atoms. The topological polar surface area (TPSA) is 80.8 Å². The Hall–Kier alpha value is -2.88. The number of hydrogen-bond donors (Lipinski definition) is 1. The van der Waals surface area contributed by atoms with E-state index in [-0.39, 0.29) is 12.5 Å². The molecule has 2 aromatic carbocycles. The van der Waals surface area contributed by atoms with Gasteiger partial charge in [0, 0.05) is 42.8 Å². The monoisotopic (exact) mass is 495 g/mol. The molecule has 0 aliphatic carbocycles. The van der Waals surface area contributed by atoms with Gasteiger partial charge in [0.2, 0.25) is 5.91 Å². The van der Waals surface area contributed by atoms with Gasteiger partial charge in [-0.1, -0.05) is 60.7 Å². The largest absolute Gasteiger partial charge is 0.444 e. The fourth-order valence-electron chi connectivity index (χ4n) is 4.27. The molecule has 0 radical (unpaired) electrons. The van der Waals surface area contributed by atoms with Crippen LogP contribution in [-0.4, -0.2) is 51.8 Å². The number of nitrogens with one attached hydrogen (secondary N) is 1. The van der Waals surface area contributed by atoms with E-state index in [0.29, 0.717) is 36.9 Å². The third-order valence-electron chi connectivity index (χ3n) is 6.04. The summed E-state index contributed by atoms with van der Waals surface area (Å²) in [6, 6.07) is 18.7. The molecule has 0 saturated carbocycles. The number of thioether (sulfide) groups is 1. The van der Waals surface area contributed by atoms with E-state index < -0.39 is 17.0 Å². The lowest BCUT2D eigenvalue weighted by molar-refractivity contribution is -0.121. The fourth-order valence-corrected chi connectivity index (χ4v) is 6.56. The van der Waals surface area contributed by atoms with Crippen molar-refractivity contribution < 1.29 is 19.1 Å². The summed E-state index contributed by atoms with van der Waals surface area (Å²) in [5, 5.41) is 5.36. The standard InChI is InChI=1S/C25H25N3O4S2/c29-22(27-23-26-20(16-33-23)19-9-5-2-6-10-19)21-17-34-25(11-13-31-14-12-25)28(21)24(30)32-15-18-7-3-1-4-8-18/h1-10,16,21H,11-15,17H2,(H,26,27,29)/t21-/m0/s1. The molecule has 34 heavy (non-hydrogen) atoms.